The third kappa shape index (κ3) is 4.91. The molecule has 0 aromatic carbocycles. The molecule has 0 saturated heterocycles. The normalized spacial score (nSPS) is 20.3. The standard InChI is InChI=1S/C12H23NO4/c1-11(2,3)17-10(15)13-9(8-14)7-12(16)5-4-6-12/h9,14,16H,4-8H2,1-3H3,(H,13,15). The van der Waals surface area contributed by atoms with Gasteiger partial charge in [-0.1, -0.05) is 0 Å². The number of rotatable bonds is 4. The van der Waals surface area contributed by atoms with Crippen molar-refractivity contribution in [1.29, 1.82) is 0 Å². The average molecular weight is 245 g/mol. The fourth-order valence-corrected chi connectivity index (χ4v) is 1.88. The van der Waals surface area contributed by atoms with E-state index in [0.717, 1.165) is 19.3 Å². The summed E-state index contributed by atoms with van der Waals surface area (Å²) in [6, 6.07) is -0.449. The van der Waals surface area contributed by atoms with E-state index >= 15 is 0 Å². The number of hydrogen-bond donors (Lipinski definition) is 3. The number of carbonyl (C=O) groups excluding carboxylic acids is 1. The summed E-state index contributed by atoms with van der Waals surface area (Å²) in [4.78, 5) is 11.5. The zero-order valence-corrected chi connectivity index (χ0v) is 10.8. The van der Waals surface area contributed by atoms with Crippen molar-refractivity contribution in [3.05, 3.63) is 0 Å². The number of aliphatic hydroxyl groups is 2. The highest BCUT2D eigenvalue weighted by Gasteiger charge is 2.37. The first-order chi connectivity index (χ1) is 7.74. The maximum atomic E-state index is 11.5. The van der Waals surface area contributed by atoms with Gasteiger partial charge in [0.05, 0.1) is 18.2 Å². The predicted molar refractivity (Wildman–Crippen MR) is 63.7 cm³/mol. The maximum Gasteiger partial charge on any atom is 0.407 e. The SMILES string of the molecule is CC(C)(C)OC(=O)NC(CO)CC1(O)CCC1. The van der Waals surface area contributed by atoms with Crippen molar-refractivity contribution < 1.29 is 19.7 Å². The minimum atomic E-state index is -0.720. The van der Waals surface area contributed by atoms with Gasteiger partial charge in [-0.2, -0.15) is 0 Å². The van der Waals surface area contributed by atoms with Gasteiger partial charge in [-0.05, 0) is 46.5 Å². The van der Waals surface area contributed by atoms with Crippen molar-refractivity contribution in [2.24, 2.45) is 0 Å². The fourth-order valence-electron chi connectivity index (χ4n) is 1.88. The van der Waals surface area contributed by atoms with E-state index in [9.17, 15) is 15.0 Å². The van der Waals surface area contributed by atoms with Crippen LogP contribution in [0.15, 0.2) is 0 Å². The van der Waals surface area contributed by atoms with Crippen LogP contribution in [0.2, 0.25) is 0 Å². The first-order valence-corrected chi connectivity index (χ1v) is 6.07. The van der Waals surface area contributed by atoms with Crippen LogP contribution in [0.25, 0.3) is 0 Å². The molecule has 5 nitrogen and oxygen atoms in total. The highest BCUT2D eigenvalue weighted by atomic mass is 16.6. The second kappa shape index (κ2) is 5.23. The largest absolute Gasteiger partial charge is 0.444 e. The van der Waals surface area contributed by atoms with Crippen LogP contribution in [-0.2, 0) is 4.74 Å². The van der Waals surface area contributed by atoms with Crippen LogP contribution in [0.3, 0.4) is 0 Å². The number of aliphatic hydroxyl groups excluding tert-OH is 1. The van der Waals surface area contributed by atoms with Gasteiger partial charge >= 0.3 is 6.09 Å². The van der Waals surface area contributed by atoms with E-state index in [1.54, 1.807) is 20.8 Å². The molecule has 1 aliphatic carbocycles. The summed E-state index contributed by atoms with van der Waals surface area (Å²) < 4.78 is 5.09. The van der Waals surface area contributed by atoms with Crippen LogP contribution in [0.4, 0.5) is 4.79 Å². The Hall–Kier alpha value is -0.810. The Balaban J connectivity index is 2.38. The maximum absolute atomic E-state index is 11.5. The van der Waals surface area contributed by atoms with Crippen LogP contribution < -0.4 is 5.32 Å². The number of ether oxygens (including phenoxy) is 1. The molecule has 1 rings (SSSR count). The van der Waals surface area contributed by atoms with E-state index in [4.69, 9.17) is 4.74 Å². The molecule has 0 bridgehead atoms. The number of alkyl carbamates (subject to hydrolysis) is 1. The number of hydrogen-bond acceptors (Lipinski definition) is 4. The Bertz CT molecular complexity index is 268. The minimum absolute atomic E-state index is 0.193. The van der Waals surface area contributed by atoms with Crippen molar-refractivity contribution >= 4 is 6.09 Å². The summed E-state index contributed by atoms with van der Waals surface area (Å²) >= 11 is 0. The van der Waals surface area contributed by atoms with Crippen LogP contribution in [0.5, 0.6) is 0 Å². The summed E-state index contributed by atoms with van der Waals surface area (Å²) in [5.41, 5.74) is -1.28. The van der Waals surface area contributed by atoms with Crippen LogP contribution >= 0.6 is 0 Å². The van der Waals surface area contributed by atoms with Gasteiger partial charge in [0.25, 0.3) is 0 Å². The smallest absolute Gasteiger partial charge is 0.407 e. The highest BCUT2D eigenvalue weighted by Crippen LogP contribution is 2.35. The van der Waals surface area contributed by atoms with Gasteiger partial charge in [-0.15, -0.1) is 0 Å². The Morgan fingerprint density at radius 1 is 1.47 bits per heavy atom. The number of amides is 1. The lowest BCUT2D eigenvalue weighted by Gasteiger charge is -2.39. The zero-order chi connectivity index (χ0) is 13.1. The molecule has 0 radical (unpaired) electrons. The topological polar surface area (TPSA) is 78.8 Å². The second-order valence-corrected chi connectivity index (χ2v) is 5.81. The van der Waals surface area contributed by atoms with Crippen molar-refractivity contribution in [2.75, 3.05) is 6.61 Å². The molecule has 1 saturated carbocycles. The first kappa shape index (κ1) is 14.3. The molecule has 0 heterocycles. The fraction of sp³-hybridized carbons (Fsp3) is 0.917. The molecule has 0 aliphatic heterocycles. The number of nitrogens with one attached hydrogen (secondary N) is 1. The van der Waals surface area contributed by atoms with Gasteiger partial charge in [-0.25, -0.2) is 4.79 Å². The van der Waals surface area contributed by atoms with Gasteiger partial charge in [-0.3, -0.25) is 0 Å². The quantitative estimate of drug-likeness (QED) is 0.695. The van der Waals surface area contributed by atoms with Gasteiger partial charge in [0, 0.05) is 0 Å². The van der Waals surface area contributed by atoms with Crippen molar-refractivity contribution in [3.63, 3.8) is 0 Å². The summed E-state index contributed by atoms with van der Waals surface area (Å²) in [5.74, 6) is 0. The zero-order valence-electron chi connectivity index (χ0n) is 10.8. The Morgan fingerprint density at radius 2 is 2.06 bits per heavy atom. The highest BCUT2D eigenvalue weighted by molar-refractivity contribution is 5.68. The van der Waals surface area contributed by atoms with E-state index in [2.05, 4.69) is 5.32 Å². The first-order valence-electron chi connectivity index (χ1n) is 6.07. The van der Waals surface area contributed by atoms with E-state index in [-0.39, 0.29) is 6.61 Å². The van der Waals surface area contributed by atoms with Gasteiger partial charge < -0.3 is 20.3 Å². The molecule has 3 N–H and O–H groups in total. The monoisotopic (exact) mass is 245 g/mol. The molecule has 100 valence electrons. The third-order valence-corrected chi connectivity index (χ3v) is 2.85. The summed E-state index contributed by atoms with van der Waals surface area (Å²) in [5, 5.41) is 21.7. The molecule has 1 aliphatic rings. The summed E-state index contributed by atoms with van der Waals surface area (Å²) in [7, 11) is 0. The molecule has 0 aromatic heterocycles. The van der Waals surface area contributed by atoms with E-state index in [1.807, 2.05) is 0 Å². The van der Waals surface area contributed by atoms with Crippen LogP contribution in [-0.4, -0.2) is 40.2 Å². The lowest BCUT2D eigenvalue weighted by Crippen LogP contribution is -2.48. The molecular formula is C12H23NO4. The molecule has 1 amide bonds. The molecular weight excluding hydrogens is 222 g/mol. The van der Waals surface area contributed by atoms with E-state index in [0.29, 0.717) is 6.42 Å². The van der Waals surface area contributed by atoms with Gasteiger partial charge in [0.1, 0.15) is 5.60 Å². The Labute approximate surface area is 102 Å². The lowest BCUT2D eigenvalue weighted by molar-refractivity contribution is -0.0519. The molecule has 1 atom stereocenters. The lowest BCUT2D eigenvalue weighted by atomic mass is 9.76. The molecule has 0 spiro atoms. The van der Waals surface area contributed by atoms with E-state index in [1.165, 1.54) is 0 Å². The predicted octanol–water partition coefficient (Wildman–Crippen LogP) is 1.18. The summed E-state index contributed by atoms with van der Waals surface area (Å²) in [6.45, 7) is 5.14. The molecule has 1 unspecified atom stereocenters. The average Bonchev–Trinajstić information content (AvgIpc) is 2.11. The second-order valence-electron chi connectivity index (χ2n) is 5.81. The minimum Gasteiger partial charge on any atom is -0.444 e. The van der Waals surface area contributed by atoms with E-state index < -0.39 is 23.3 Å². The molecule has 17 heavy (non-hydrogen) atoms. The van der Waals surface area contributed by atoms with Gasteiger partial charge in [0.15, 0.2) is 0 Å². The van der Waals surface area contributed by atoms with Crippen molar-refractivity contribution in [2.45, 2.75) is 63.7 Å². The van der Waals surface area contributed by atoms with Gasteiger partial charge in [0.2, 0.25) is 0 Å². The number of carbonyl (C=O) groups is 1. The van der Waals surface area contributed by atoms with Crippen LogP contribution in [0.1, 0.15) is 46.5 Å². The van der Waals surface area contributed by atoms with Crippen LogP contribution in [0, 0.1) is 0 Å². The Morgan fingerprint density at radius 3 is 2.41 bits per heavy atom. The summed E-state index contributed by atoms with van der Waals surface area (Å²) in [6.07, 6.45) is 2.29. The third-order valence-electron chi connectivity index (χ3n) is 2.85. The Kier molecular flexibility index (Phi) is 4.38. The van der Waals surface area contributed by atoms with Crippen molar-refractivity contribution in [1.82, 2.24) is 5.32 Å². The van der Waals surface area contributed by atoms with Crippen molar-refractivity contribution in [3.8, 4) is 0 Å². The molecule has 1 fully saturated rings. The molecule has 5 heteroatoms. The molecule has 0 aromatic rings.